The number of piperidine rings is 1. The zero-order chi connectivity index (χ0) is 23.4. The van der Waals surface area contributed by atoms with E-state index < -0.39 is 0 Å². The van der Waals surface area contributed by atoms with Crippen molar-refractivity contribution in [1.82, 2.24) is 9.88 Å². The van der Waals surface area contributed by atoms with Gasteiger partial charge in [0.1, 0.15) is 11.6 Å². The fourth-order valence-electron chi connectivity index (χ4n) is 4.09. The fraction of sp³-hybridized carbons (Fsp3) is 0.308. The van der Waals surface area contributed by atoms with Crippen molar-refractivity contribution in [2.45, 2.75) is 18.9 Å². The van der Waals surface area contributed by atoms with E-state index in [-0.39, 0.29) is 11.7 Å². The standard InChI is InChI=1S/C26H29FN4O2/c1-29(2)20-13-16-31(17-14-20)24-12-9-21(18-23(24)27)30(3)26(32)19-7-10-22(11-8-19)33-25-6-4-5-15-28-25/h4-12,15,18,20H,13-14,16-17H2,1-3H3. The molecule has 1 aliphatic heterocycles. The van der Waals surface area contributed by atoms with Gasteiger partial charge in [-0.15, -0.1) is 0 Å². The van der Waals surface area contributed by atoms with Crippen molar-refractivity contribution >= 4 is 17.3 Å². The van der Waals surface area contributed by atoms with Crippen LogP contribution in [0.25, 0.3) is 0 Å². The second-order valence-corrected chi connectivity index (χ2v) is 8.48. The molecule has 6 nitrogen and oxygen atoms in total. The third-order valence-corrected chi connectivity index (χ3v) is 6.12. The van der Waals surface area contributed by atoms with Gasteiger partial charge in [0, 0.05) is 49.7 Å². The van der Waals surface area contributed by atoms with Crippen LogP contribution in [0, 0.1) is 5.82 Å². The summed E-state index contributed by atoms with van der Waals surface area (Å²) in [6.45, 7) is 1.64. The number of pyridine rings is 1. The Hall–Kier alpha value is -3.45. The maximum absolute atomic E-state index is 15.0. The Kier molecular flexibility index (Phi) is 6.89. The molecule has 4 rings (SSSR count). The minimum Gasteiger partial charge on any atom is -0.439 e. The lowest BCUT2D eigenvalue weighted by atomic mass is 10.0. The molecule has 1 saturated heterocycles. The molecule has 3 aromatic rings. The highest BCUT2D eigenvalue weighted by Gasteiger charge is 2.23. The first-order valence-corrected chi connectivity index (χ1v) is 11.1. The minimum atomic E-state index is -0.311. The highest BCUT2D eigenvalue weighted by molar-refractivity contribution is 6.05. The van der Waals surface area contributed by atoms with Crippen LogP contribution in [-0.4, -0.2) is 56.1 Å². The maximum atomic E-state index is 15.0. The van der Waals surface area contributed by atoms with Gasteiger partial charge in [0.2, 0.25) is 5.88 Å². The number of rotatable bonds is 6. The molecule has 0 unspecified atom stereocenters. The highest BCUT2D eigenvalue weighted by Crippen LogP contribution is 2.28. The molecule has 1 aromatic heterocycles. The van der Waals surface area contributed by atoms with Crippen molar-refractivity contribution in [3.8, 4) is 11.6 Å². The van der Waals surface area contributed by atoms with Crippen molar-refractivity contribution in [3.05, 3.63) is 78.2 Å². The fourth-order valence-corrected chi connectivity index (χ4v) is 4.09. The summed E-state index contributed by atoms with van der Waals surface area (Å²) in [7, 11) is 5.82. The van der Waals surface area contributed by atoms with Crippen LogP contribution in [0.4, 0.5) is 15.8 Å². The van der Waals surface area contributed by atoms with Crippen molar-refractivity contribution in [3.63, 3.8) is 0 Å². The van der Waals surface area contributed by atoms with E-state index in [1.165, 1.54) is 11.0 Å². The van der Waals surface area contributed by atoms with Crippen LogP contribution in [-0.2, 0) is 0 Å². The number of ether oxygens (including phenoxy) is 1. The summed E-state index contributed by atoms with van der Waals surface area (Å²) in [5.41, 5.74) is 1.59. The lowest BCUT2D eigenvalue weighted by Crippen LogP contribution is -2.42. The van der Waals surface area contributed by atoms with E-state index in [1.807, 2.05) is 12.1 Å². The number of carbonyl (C=O) groups excluding carboxylic acids is 1. The van der Waals surface area contributed by atoms with Crippen molar-refractivity contribution in [2.24, 2.45) is 0 Å². The molecule has 1 fully saturated rings. The summed E-state index contributed by atoms with van der Waals surface area (Å²) in [4.78, 5) is 22.8. The number of amides is 1. The van der Waals surface area contributed by atoms with Crippen molar-refractivity contribution < 1.29 is 13.9 Å². The Balaban J connectivity index is 1.42. The van der Waals surface area contributed by atoms with Gasteiger partial charge in [-0.05, 0) is 75.5 Å². The Bertz CT molecular complexity index is 1080. The van der Waals surface area contributed by atoms with E-state index in [4.69, 9.17) is 4.74 Å². The molecule has 7 heteroatoms. The van der Waals surface area contributed by atoms with Crippen LogP contribution in [0.3, 0.4) is 0 Å². The van der Waals surface area contributed by atoms with E-state index in [0.29, 0.717) is 34.6 Å². The quantitative estimate of drug-likeness (QED) is 0.541. The van der Waals surface area contributed by atoms with Gasteiger partial charge in [-0.1, -0.05) is 6.07 Å². The Morgan fingerprint density at radius 3 is 2.36 bits per heavy atom. The highest BCUT2D eigenvalue weighted by atomic mass is 19.1. The summed E-state index contributed by atoms with van der Waals surface area (Å²) in [5.74, 6) is 0.532. The zero-order valence-corrected chi connectivity index (χ0v) is 19.2. The monoisotopic (exact) mass is 448 g/mol. The number of halogens is 1. The number of hydrogen-bond acceptors (Lipinski definition) is 5. The summed E-state index contributed by atoms with van der Waals surface area (Å²) >= 11 is 0. The maximum Gasteiger partial charge on any atom is 0.258 e. The molecular weight excluding hydrogens is 419 g/mol. The van der Waals surface area contributed by atoms with Gasteiger partial charge in [0.05, 0.1) is 5.69 Å². The second-order valence-electron chi connectivity index (χ2n) is 8.48. The first kappa shape index (κ1) is 22.7. The predicted molar refractivity (Wildman–Crippen MR) is 129 cm³/mol. The number of anilines is 2. The van der Waals surface area contributed by atoms with E-state index in [1.54, 1.807) is 55.7 Å². The molecular formula is C26H29FN4O2. The third-order valence-electron chi connectivity index (χ3n) is 6.12. The molecule has 1 amide bonds. The normalized spacial score (nSPS) is 14.4. The van der Waals surface area contributed by atoms with Gasteiger partial charge < -0.3 is 19.4 Å². The van der Waals surface area contributed by atoms with Crippen LogP contribution in [0.2, 0.25) is 0 Å². The van der Waals surface area contributed by atoms with Gasteiger partial charge in [0.15, 0.2) is 0 Å². The number of nitrogens with zero attached hydrogens (tertiary/aromatic N) is 4. The largest absolute Gasteiger partial charge is 0.439 e. The van der Waals surface area contributed by atoms with Crippen LogP contribution in [0.15, 0.2) is 66.9 Å². The van der Waals surface area contributed by atoms with E-state index in [2.05, 4.69) is 28.9 Å². The average molecular weight is 449 g/mol. The zero-order valence-electron chi connectivity index (χ0n) is 19.2. The Morgan fingerprint density at radius 1 is 1.03 bits per heavy atom. The second kappa shape index (κ2) is 10.0. The van der Waals surface area contributed by atoms with Crippen LogP contribution >= 0.6 is 0 Å². The molecule has 0 spiro atoms. The molecule has 0 N–H and O–H groups in total. The summed E-state index contributed by atoms with van der Waals surface area (Å²) in [5, 5.41) is 0. The third kappa shape index (κ3) is 5.31. The van der Waals surface area contributed by atoms with E-state index in [9.17, 15) is 9.18 Å². The van der Waals surface area contributed by atoms with Gasteiger partial charge in [-0.3, -0.25) is 4.79 Å². The minimum absolute atomic E-state index is 0.224. The molecule has 1 aliphatic rings. The summed E-state index contributed by atoms with van der Waals surface area (Å²) < 4.78 is 20.6. The molecule has 0 atom stereocenters. The van der Waals surface area contributed by atoms with E-state index >= 15 is 0 Å². The van der Waals surface area contributed by atoms with Gasteiger partial charge in [-0.2, -0.15) is 0 Å². The molecule has 0 saturated carbocycles. The van der Waals surface area contributed by atoms with Crippen molar-refractivity contribution in [1.29, 1.82) is 0 Å². The van der Waals surface area contributed by atoms with Crippen molar-refractivity contribution in [2.75, 3.05) is 44.0 Å². The molecule has 2 heterocycles. The van der Waals surface area contributed by atoms with Crippen LogP contribution in [0.5, 0.6) is 11.6 Å². The number of aromatic nitrogens is 1. The molecule has 33 heavy (non-hydrogen) atoms. The average Bonchev–Trinajstić information content (AvgIpc) is 2.84. The molecule has 2 aromatic carbocycles. The summed E-state index contributed by atoms with van der Waals surface area (Å²) in [6.07, 6.45) is 3.66. The first-order valence-electron chi connectivity index (χ1n) is 11.1. The predicted octanol–water partition coefficient (Wildman–Crippen LogP) is 4.82. The van der Waals surface area contributed by atoms with Gasteiger partial charge in [-0.25, -0.2) is 9.37 Å². The van der Waals surface area contributed by atoms with Gasteiger partial charge in [0.25, 0.3) is 5.91 Å². The van der Waals surface area contributed by atoms with Gasteiger partial charge >= 0.3 is 0 Å². The molecule has 0 bridgehead atoms. The molecule has 0 aliphatic carbocycles. The molecule has 0 radical (unpaired) electrons. The smallest absolute Gasteiger partial charge is 0.258 e. The topological polar surface area (TPSA) is 48.9 Å². The number of hydrogen-bond donors (Lipinski definition) is 0. The van der Waals surface area contributed by atoms with E-state index in [0.717, 1.165) is 25.9 Å². The number of benzene rings is 2. The first-order chi connectivity index (χ1) is 15.9. The lowest BCUT2D eigenvalue weighted by Gasteiger charge is -2.36. The summed E-state index contributed by atoms with van der Waals surface area (Å²) in [6, 6.07) is 17.8. The Morgan fingerprint density at radius 2 is 1.76 bits per heavy atom. The van der Waals surface area contributed by atoms with Crippen LogP contribution < -0.4 is 14.5 Å². The van der Waals surface area contributed by atoms with Crippen LogP contribution in [0.1, 0.15) is 23.2 Å². The lowest BCUT2D eigenvalue weighted by molar-refractivity contribution is 0.0993. The SMILES string of the molecule is CN(C(=O)c1ccc(Oc2ccccn2)cc1)c1ccc(N2CCC(N(C)C)CC2)c(F)c1. The Labute approximate surface area is 194 Å². The number of carbonyl (C=O) groups is 1. The molecule has 172 valence electrons.